The summed E-state index contributed by atoms with van der Waals surface area (Å²) >= 11 is 0. The van der Waals surface area contributed by atoms with Crippen molar-refractivity contribution in [1.29, 1.82) is 5.41 Å². The number of aryl methyl sites for hydroxylation is 1. The van der Waals surface area contributed by atoms with Crippen LogP contribution < -0.4 is 9.64 Å². The van der Waals surface area contributed by atoms with E-state index in [2.05, 4.69) is 9.97 Å². The van der Waals surface area contributed by atoms with E-state index in [1.807, 2.05) is 31.2 Å². The van der Waals surface area contributed by atoms with Crippen LogP contribution in [0.4, 0.5) is 11.5 Å². The van der Waals surface area contributed by atoms with Gasteiger partial charge in [0.2, 0.25) is 5.91 Å². The SMILES string of the molecule is COc1ccc(-c2nc(C(=N)CO)c3c(n2)N(c2ccccc2C)C(=O)C3)cc1O. The first-order valence-electron chi connectivity index (χ1n) is 9.30. The minimum Gasteiger partial charge on any atom is -0.504 e. The second-order valence-corrected chi connectivity index (χ2v) is 6.91. The molecular formula is C22H20N4O4. The first-order chi connectivity index (χ1) is 14.4. The molecule has 2 aromatic carbocycles. The fourth-order valence-corrected chi connectivity index (χ4v) is 3.51. The first kappa shape index (κ1) is 19.5. The highest BCUT2D eigenvalue weighted by Crippen LogP contribution is 2.39. The lowest BCUT2D eigenvalue weighted by Gasteiger charge is -2.20. The van der Waals surface area contributed by atoms with Gasteiger partial charge in [-0.25, -0.2) is 9.97 Å². The van der Waals surface area contributed by atoms with Gasteiger partial charge in [0.25, 0.3) is 0 Å². The van der Waals surface area contributed by atoms with E-state index in [1.54, 1.807) is 12.1 Å². The minimum absolute atomic E-state index is 0.0372. The van der Waals surface area contributed by atoms with Crippen molar-refractivity contribution < 1.29 is 19.7 Å². The Morgan fingerprint density at radius 2 is 2.00 bits per heavy atom. The van der Waals surface area contributed by atoms with Gasteiger partial charge in [-0.3, -0.25) is 9.69 Å². The van der Waals surface area contributed by atoms with Gasteiger partial charge in [0.15, 0.2) is 17.3 Å². The molecule has 8 nitrogen and oxygen atoms in total. The average Bonchev–Trinajstić information content (AvgIpc) is 3.08. The molecule has 0 saturated carbocycles. The zero-order valence-corrected chi connectivity index (χ0v) is 16.5. The van der Waals surface area contributed by atoms with E-state index >= 15 is 0 Å². The van der Waals surface area contributed by atoms with Crippen molar-refractivity contribution in [1.82, 2.24) is 9.97 Å². The van der Waals surface area contributed by atoms with Gasteiger partial charge in [-0.2, -0.15) is 0 Å². The number of amides is 1. The quantitative estimate of drug-likeness (QED) is 0.563. The van der Waals surface area contributed by atoms with Gasteiger partial charge in [0.1, 0.15) is 5.82 Å². The van der Waals surface area contributed by atoms with Crippen molar-refractivity contribution >= 4 is 23.1 Å². The van der Waals surface area contributed by atoms with E-state index < -0.39 is 6.61 Å². The molecule has 2 heterocycles. The summed E-state index contributed by atoms with van der Waals surface area (Å²) in [6.07, 6.45) is 0.0372. The molecule has 0 atom stereocenters. The number of carbonyl (C=O) groups excluding carboxylic acids is 1. The van der Waals surface area contributed by atoms with E-state index in [9.17, 15) is 15.0 Å². The summed E-state index contributed by atoms with van der Waals surface area (Å²) in [5, 5.41) is 27.8. The van der Waals surface area contributed by atoms with E-state index in [-0.39, 0.29) is 35.3 Å². The molecule has 1 amide bonds. The van der Waals surface area contributed by atoms with Gasteiger partial charge >= 0.3 is 0 Å². The van der Waals surface area contributed by atoms with Crippen molar-refractivity contribution in [2.75, 3.05) is 18.6 Å². The Bertz CT molecular complexity index is 1180. The normalized spacial score (nSPS) is 12.8. The lowest BCUT2D eigenvalue weighted by molar-refractivity contribution is -0.116. The summed E-state index contributed by atoms with van der Waals surface area (Å²) in [6, 6.07) is 12.2. The molecular weight excluding hydrogens is 384 g/mol. The third-order valence-electron chi connectivity index (χ3n) is 5.01. The van der Waals surface area contributed by atoms with Crippen LogP contribution in [0.15, 0.2) is 42.5 Å². The molecule has 0 bridgehead atoms. The molecule has 0 fully saturated rings. The zero-order valence-electron chi connectivity index (χ0n) is 16.5. The first-order valence-corrected chi connectivity index (χ1v) is 9.30. The predicted molar refractivity (Wildman–Crippen MR) is 112 cm³/mol. The van der Waals surface area contributed by atoms with Gasteiger partial charge in [0.05, 0.1) is 37.2 Å². The summed E-state index contributed by atoms with van der Waals surface area (Å²) in [5.41, 5.74) is 2.71. The number of nitrogens with one attached hydrogen (secondary N) is 1. The van der Waals surface area contributed by atoms with Crippen LogP contribution in [0.3, 0.4) is 0 Å². The number of nitrogens with zero attached hydrogens (tertiary/aromatic N) is 3. The Balaban J connectivity index is 1.94. The number of phenols is 1. The molecule has 1 aromatic heterocycles. The third-order valence-corrected chi connectivity index (χ3v) is 5.01. The zero-order chi connectivity index (χ0) is 21.4. The van der Waals surface area contributed by atoms with Crippen molar-refractivity contribution in [3.63, 3.8) is 0 Å². The Hall–Kier alpha value is -3.78. The van der Waals surface area contributed by atoms with Gasteiger partial charge in [0, 0.05) is 11.1 Å². The van der Waals surface area contributed by atoms with Crippen LogP contribution in [0, 0.1) is 12.3 Å². The van der Waals surface area contributed by atoms with Crippen LogP contribution in [0.1, 0.15) is 16.8 Å². The number of aliphatic hydroxyl groups excluding tert-OH is 1. The number of hydrogen-bond acceptors (Lipinski definition) is 7. The summed E-state index contributed by atoms with van der Waals surface area (Å²) < 4.78 is 5.08. The number of hydrogen-bond donors (Lipinski definition) is 3. The second-order valence-electron chi connectivity index (χ2n) is 6.91. The molecule has 3 N–H and O–H groups in total. The average molecular weight is 404 g/mol. The molecule has 3 aromatic rings. The number of rotatable bonds is 5. The van der Waals surface area contributed by atoms with E-state index in [0.717, 1.165) is 5.56 Å². The van der Waals surface area contributed by atoms with Crippen molar-refractivity contribution in [3.05, 3.63) is 59.3 Å². The Morgan fingerprint density at radius 3 is 2.67 bits per heavy atom. The summed E-state index contributed by atoms with van der Waals surface area (Å²) in [5.74, 6) is 0.649. The van der Waals surface area contributed by atoms with E-state index in [4.69, 9.17) is 10.1 Å². The Kier molecular flexibility index (Phi) is 4.93. The molecule has 1 aliphatic rings. The summed E-state index contributed by atoms with van der Waals surface area (Å²) in [4.78, 5) is 23.5. The van der Waals surface area contributed by atoms with Crippen LogP contribution in [0.5, 0.6) is 11.5 Å². The number of fused-ring (bicyclic) bond motifs is 1. The molecule has 30 heavy (non-hydrogen) atoms. The number of aromatic nitrogens is 2. The topological polar surface area (TPSA) is 120 Å². The molecule has 0 radical (unpaired) electrons. The number of anilines is 2. The lowest BCUT2D eigenvalue weighted by Crippen LogP contribution is -2.22. The predicted octanol–water partition coefficient (Wildman–Crippen LogP) is 2.75. The number of aliphatic hydroxyl groups is 1. The van der Waals surface area contributed by atoms with Crippen LogP contribution >= 0.6 is 0 Å². The Morgan fingerprint density at radius 1 is 1.23 bits per heavy atom. The smallest absolute Gasteiger partial charge is 0.237 e. The maximum absolute atomic E-state index is 12.9. The lowest BCUT2D eigenvalue weighted by atomic mass is 10.1. The van der Waals surface area contributed by atoms with Crippen LogP contribution in [-0.4, -0.2) is 45.5 Å². The van der Waals surface area contributed by atoms with Crippen LogP contribution in [0.2, 0.25) is 0 Å². The summed E-state index contributed by atoms with van der Waals surface area (Å²) in [6.45, 7) is 1.39. The highest BCUT2D eigenvalue weighted by molar-refractivity contribution is 6.11. The number of methoxy groups -OCH3 is 1. The van der Waals surface area contributed by atoms with Gasteiger partial charge in [-0.15, -0.1) is 0 Å². The fourth-order valence-electron chi connectivity index (χ4n) is 3.51. The van der Waals surface area contributed by atoms with Crippen molar-refractivity contribution in [2.24, 2.45) is 0 Å². The Labute approximate surface area is 172 Å². The molecule has 0 saturated heterocycles. The molecule has 8 heteroatoms. The van der Waals surface area contributed by atoms with Crippen LogP contribution in [0.25, 0.3) is 11.4 Å². The van der Waals surface area contributed by atoms with Crippen LogP contribution in [-0.2, 0) is 11.2 Å². The number of benzene rings is 2. The second kappa shape index (κ2) is 7.57. The maximum Gasteiger partial charge on any atom is 0.237 e. The number of ether oxygens (including phenoxy) is 1. The maximum atomic E-state index is 12.9. The minimum atomic E-state index is -0.519. The highest BCUT2D eigenvalue weighted by atomic mass is 16.5. The number of para-hydroxylation sites is 1. The summed E-state index contributed by atoms with van der Waals surface area (Å²) in [7, 11) is 1.45. The van der Waals surface area contributed by atoms with Gasteiger partial charge in [-0.05, 0) is 36.8 Å². The largest absolute Gasteiger partial charge is 0.504 e. The van der Waals surface area contributed by atoms with Gasteiger partial charge < -0.3 is 20.4 Å². The van der Waals surface area contributed by atoms with Gasteiger partial charge in [-0.1, -0.05) is 18.2 Å². The number of phenolic OH excluding ortho intramolecular Hbond substituents is 1. The molecule has 152 valence electrons. The molecule has 1 aliphatic heterocycles. The van der Waals surface area contributed by atoms with Crippen molar-refractivity contribution in [3.8, 4) is 22.9 Å². The number of carbonyl (C=O) groups is 1. The third kappa shape index (κ3) is 3.17. The monoisotopic (exact) mass is 404 g/mol. The number of aromatic hydroxyl groups is 1. The van der Waals surface area contributed by atoms with E-state index in [0.29, 0.717) is 28.4 Å². The van der Waals surface area contributed by atoms with E-state index in [1.165, 1.54) is 18.1 Å². The molecule has 4 rings (SSSR count). The highest BCUT2D eigenvalue weighted by Gasteiger charge is 2.35. The standard InChI is InChI=1S/C22H20N4O4/c1-12-5-3-4-6-16(12)26-19(29)10-14-20(15(23)11-27)24-21(25-22(14)26)13-7-8-18(30-2)17(28)9-13/h3-9,23,27-28H,10-11H2,1-2H3. The fraction of sp³-hybridized carbons (Fsp3) is 0.182. The molecule has 0 unspecified atom stereocenters. The molecule has 0 spiro atoms. The van der Waals surface area contributed by atoms with Crippen molar-refractivity contribution in [2.45, 2.75) is 13.3 Å². The molecule has 0 aliphatic carbocycles.